The molecule has 0 aliphatic carbocycles. The quantitative estimate of drug-likeness (QED) is 0.688. The molecule has 1 N–H and O–H groups in total. The zero-order valence-corrected chi connectivity index (χ0v) is 14.8. The van der Waals surface area contributed by atoms with Crippen LogP contribution in [-0.4, -0.2) is 38.7 Å². The zero-order chi connectivity index (χ0) is 17.1. The first-order valence-corrected chi connectivity index (χ1v) is 8.11. The lowest BCUT2D eigenvalue weighted by Crippen LogP contribution is -2.12. The van der Waals surface area contributed by atoms with Gasteiger partial charge in [-0.1, -0.05) is 0 Å². The largest absolute Gasteiger partial charge is 0.483 e. The topological polar surface area (TPSA) is 94.9 Å². The highest BCUT2D eigenvalue weighted by Crippen LogP contribution is 2.30. The molecular formula is C15H16BrN5O3. The van der Waals surface area contributed by atoms with Crippen LogP contribution in [0.25, 0.3) is 10.9 Å². The number of fused-ring (bicyclic) bond motifs is 1. The fourth-order valence-corrected chi connectivity index (χ4v) is 2.68. The SMILES string of the molecule is COCCn1ncc(C(C)Oc2ccc(Br)c3nc[nH]c(=O)c23)n1. The Labute approximate surface area is 145 Å². The Bertz CT molecular complexity index is 908. The van der Waals surface area contributed by atoms with E-state index in [0.717, 1.165) is 4.47 Å². The van der Waals surface area contributed by atoms with E-state index in [2.05, 4.69) is 36.1 Å². The van der Waals surface area contributed by atoms with Crippen molar-refractivity contribution in [2.75, 3.05) is 13.7 Å². The molecule has 1 aromatic carbocycles. The molecule has 2 aromatic heterocycles. The molecule has 3 aromatic rings. The standard InChI is InChI=1S/C15H16BrN5O3/c1-9(11-7-19-21(20-11)5-6-23-2)24-12-4-3-10(16)14-13(12)15(22)18-8-17-14/h3-4,7-9H,5-6H2,1-2H3,(H,17,18,22). The summed E-state index contributed by atoms with van der Waals surface area (Å²) >= 11 is 3.40. The maximum atomic E-state index is 12.1. The van der Waals surface area contributed by atoms with Crippen LogP contribution in [0.4, 0.5) is 0 Å². The first-order valence-electron chi connectivity index (χ1n) is 7.31. The first kappa shape index (κ1) is 16.6. The molecule has 2 heterocycles. The second-order valence-corrected chi connectivity index (χ2v) is 5.97. The first-order chi connectivity index (χ1) is 11.6. The number of methoxy groups -OCH3 is 1. The van der Waals surface area contributed by atoms with Gasteiger partial charge in [0.1, 0.15) is 22.9 Å². The molecule has 126 valence electrons. The summed E-state index contributed by atoms with van der Waals surface area (Å²) in [4.78, 5) is 20.5. The third-order valence-corrected chi connectivity index (χ3v) is 4.12. The summed E-state index contributed by atoms with van der Waals surface area (Å²) < 4.78 is 11.7. The fourth-order valence-electron chi connectivity index (χ4n) is 2.25. The van der Waals surface area contributed by atoms with Gasteiger partial charge in [0.25, 0.3) is 5.56 Å². The molecule has 1 unspecified atom stereocenters. The van der Waals surface area contributed by atoms with Crippen molar-refractivity contribution in [3.63, 3.8) is 0 Å². The van der Waals surface area contributed by atoms with Gasteiger partial charge in [0.15, 0.2) is 0 Å². The molecule has 3 rings (SSSR count). The third kappa shape index (κ3) is 3.31. The molecule has 0 bridgehead atoms. The number of hydrogen-bond donors (Lipinski definition) is 1. The van der Waals surface area contributed by atoms with Crippen molar-refractivity contribution < 1.29 is 9.47 Å². The second-order valence-electron chi connectivity index (χ2n) is 5.12. The van der Waals surface area contributed by atoms with Gasteiger partial charge in [-0.05, 0) is 35.0 Å². The van der Waals surface area contributed by atoms with Crippen LogP contribution in [0.15, 0.2) is 33.9 Å². The van der Waals surface area contributed by atoms with Gasteiger partial charge in [-0.2, -0.15) is 15.0 Å². The molecule has 0 spiro atoms. The van der Waals surface area contributed by atoms with Gasteiger partial charge in [-0.15, -0.1) is 0 Å². The van der Waals surface area contributed by atoms with Crippen molar-refractivity contribution in [3.05, 3.63) is 45.2 Å². The Hall–Kier alpha value is -2.26. The molecule has 0 saturated heterocycles. The minimum absolute atomic E-state index is 0.257. The van der Waals surface area contributed by atoms with Crippen molar-refractivity contribution in [2.24, 2.45) is 0 Å². The van der Waals surface area contributed by atoms with Crippen molar-refractivity contribution in [1.29, 1.82) is 0 Å². The number of ether oxygens (including phenoxy) is 2. The van der Waals surface area contributed by atoms with Crippen molar-refractivity contribution >= 4 is 26.8 Å². The van der Waals surface area contributed by atoms with Crippen LogP contribution >= 0.6 is 15.9 Å². The predicted octanol–water partition coefficient (Wildman–Crippen LogP) is 2.06. The number of benzene rings is 1. The van der Waals surface area contributed by atoms with Gasteiger partial charge >= 0.3 is 0 Å². The molecule has 0 amide bonds. The minimum atomic E-state index is -0.370. The third-order valence-electron chi connectivity index (χ3n) is 3.48. The highest BCUT2D eigenvalue weighted by Gasteiger charge is 2.16. The van der Waals surface area contributed by atoms with Gasteiger partial charge in [-0.3, -0.25) is 4.79 Å². The van der Waals surface area contributed by atoms with Gasteiger partial charge in [0.2, 0.25) is 0 Å². The zero-order valence-electron chi connectivity index (χ0n) is 13.2. The van der Waals surface area contributed by atoms with E-state index >= 15 is 0 Å². The van der Waals surface area contributed by atoms with Gasteiger partial charge in [-0.25, -0.2) is 4.98 Å². The molecule has 0 radical (unpaired) electrons. The minimum Gasteiger partial charge on any atom is -0.483 e. The van der Waals surface area contributed by atoms with E-state index in [4.69, 9.17) is 9.47 Å². The Balaban J connectivity index is 1.88. The van der Waals surface area contributed by atoms with E-state index in [-0.39, 0.29) is 11.7 Å². The number of nitrogens with one attached hydrogen (secondary N) is 1. The van der Waals surface area contributed by atoms with Crippen molar-refractivity contribution in [3.8, 4) is 5.75 Å². The molecule has 8 nitrogen and oxygen atoms in total. The molecule has 0 aliphatic heterocycles. The lowest BCUT2D eigenvalue weighted by molar-refractivity contribution is 0.177. The Kier molecular flexibility index (Phi) is 4.91. The van der Waals surface area contributed by atoms with Crippen LogP contribution in [0, 0.1) is 0 Å². The second kappa shape index (κ2) is 7.10. The molecule has 0 saturated carbocycles. The summed E-state index contributed by atoms with van der Waals surface area (Å²) in [6.07, 6.45) is 2.64. The van der Waals surface area contributed by atoms with E-state index in [1.165, 1.54) is 6.33 Å². The lowest BCUT2D eigenvalue weighted by Gasteiger charge is -2.14. The summed E-state index contributed by atoms with van der Waals surface area (Å²) in [5, 5.41) is 8.92. The monoisotopic (exact) mass is 393 g/mol. The number of H-pyrrole nitrogens is 1. The summed E-state index contributed by atoms with van der Waals surface area (Å²) in [5.74, 6) is 0.446. The van der Waals surface area contributed by atoms with Crippen LogP contribution in [0.3, 0.4) is 0 Å². The van der Waals surface area contributed by atoms with Crippen molar-refractivity contribution in [2.45, 2.75) is 19.6 Å². The number of hydrogen-bond acceptors (Lipinski definition) is 6. The van der Waals surface area contributed by atoms with Crippen LogP contribution < -0.4 is 10.3 Å². The highest BCUT2D eigenvalue weighted by molar-refractivity contribution is 9.10. The number of halogens is 1. The average molecular weight is 394 g/mol. The summed E-state index contributed by atoms with van der Waals surface area (Å²) in [6.45, 7) is 2.94. The normalized spacial score (nSPS) is 12.5. The number of aromatic amines is 1. The van der Waals surface area contributed by atoms with Crippen LogP contribution in [0.2, 0.25) is 0 Å². The predicted molar refractivity (Wildman–Crippen MR) is 91.0 cm³/mol. The van der Waals surface area contributed by atoms with Crippen LogP contribution in [0.1, 0.15) is 18.7 Å². The van der Waals surface area contributed by atoms with Gasteiger partial charge in [0, 0.05) is 11.6 Å². The summed E-state index contributed by atoms with van der Waals surface area (Å²) in [7, 11) is 1.63. The maximum absolute atomic E-state index is 12.1. The van der Waals surface area contributed by atoms with Crippen LogP contribution in [0.5, 0.6) is 5.75 Å². The Morgan fingerprint density at radius 1 is 1.42 bits per heavy atom. The van der Waals surface area contributed by atoms with Crippen molar-refractivity contribution in [1.82, 2.24) is 25.0 Å². The Morgan fingerprint density at radius 2 is 2.25 bits per heavy atom. The van der Waals surface area contributed by atoms with Crippen LogP contribution in [-0.2, 0) is 11.3 Å². The number of nitrogens with zero attached hydrogens (tertiary/aromatic N) is 4. The number of rotatable bonds is 6. The van der Waals surface area contributed by atoms with E-state index in [0.29, 0.717) is 35.5 Å². The Morgan fingerprint density at radius 3 is 3.04 bits per heavy atom. The molecular weight excluding hydrogens is 378 g/mol. The highest BCUT2D eigenvalue weighted by atomic mass is 79.9. The molecule has 24 heavy (non-hydrogen) atoms. The molecule has 0 fully saturated rings. The van der Waals surface area contributed by atoms with E-state index in [9.17, 15) is 4.79 Å². The maximum Gasteiger partial charge on any atom is 0.262 e. The number of aromatic nitrogens is 5. The summed E-state index contributed by atoms with van der Waals surface area (Å²) in [6, 6.07) is 3.53. The smallest absolute Gasteiger partial charge is 0.262 e. The molecule has 0 aliphatic rings. The summed E-state index contributed by atoms with van der Waals surface area (Å²) in [5.41, 5.74) is 0.960. The van der Waals surface area contributed by atoms with E-state index < -0.39 is 0 Å². The molecule has 9 heteroatoms. The average Bonchev–Trinajstić information content (AvgIpc) is 3.05. The lowest BCUT2D eigenvalue weighted by atomic mass is 10.2. The fraction of sp³-hybridized carbons (Fsp3) is 0.333. The molecule has 1 atom stereocenters. The van der Waals surface area contributed by atoms with E-state index in [1.807, 2.05) is 6.92 Å². The van der Waals surface area contributed by atoms with Gasteiger partial charge < -0.3 is 14.5 Å². The van der Waals surface area contributed by atoms with E-state index in [1.54, 1.807) is 30.2 Å². The van der Waals surface area contributed by atoms with Gasteiger partial charge in [0.05, 0.1) is 31.2 Å².